The van der Waals surface area contributed by atoms with Crippen molar-refractivity contribution in [3.63, 3.8) is 0 Å². The number of nitrogens with zero attached hydrogens (tertiary/aromatic N) is 1. The van der Waals surface area contributed by atoms with Crippen molar-refractivity contribution in [2.75, 3.05) is 0 Å². The first kappa shape index (κ1) is 12.4. The topological polar surface area (TPSA) is 38.1 Å². The molecule has 1 aromatic heterocycles. The third-order valence-corrected chi connectivity index (χ3v) is 3.73. The first-order valence-corrected chi connectivity index (χ1v) is 7.43. The Labute approximate surface area is 122 Å². The normalized spacial score (nSPS) is 15.0. The third-order valence-electron chi connectivity index (χ3n) is 2.81. The summed E-state index contributed by atoms with van der Waals surface area (Å²) >= 11 is 6.93. The highest BCUT2D eigenvalue weighted by atomic mass is 79.9. The second-order valence-corrected chi connectivity index (χ2v) is 6.29. The molecule has 94 valence electrons. The molecule has 0 atom stereocenters. The Hall–Kier alpha value is -0.650. The van der Waals surface area contributed by atoms with Crippen LogP contribution < -0.4 is 5.32 Å². The van der Waals surface area contributed by atoms with Crippen molar-refractivity contribution in [2.24, 2.45) is 0 Å². The van der Waals surface area contributed by atoms with E-state index in [0.717, 1.165) is 26.7 Å². The quantitative estimate of drug-likeness (QED) is 0.878. The van der Waals surface area contributed by atoms with E-state index in [9.17, 15) is 0 Å². The zero-order chi connectivity index (χ0) is 12.5. The molecule has 1 fully saturated rings. The smallest absolute Gasteiger partial charge is 0.226 e. The van der Waals surface area contributed by atoms with Crippen molar-refractivity contribution in [3.8, 4) is 11.5 Å². The van der Waals surface area contributed by atoms with Gasteiger partial charge in [0.25, 0.3) is 0 Å². The van der Waals surface area contributed by atoms with Gasteiger partial charge >= 0.3 is 0 Å². The number of oxazole rings is 1. The van der Waals surface area contributed by atoms with Gasteiger partial charge in [-0.3, -0.25) is 0 Å². The van der Waals surface area contributed by atoms with E-state index in [0.29, 0.717) is 11.9 Å². The first-order valence-electron chi connectivity index (χ1n) is 5.85. The Balaban J connectivity index is 1.78. The molecule has 1 aromatic carbocycles. The molecule has 0 saturated heterocycles. The Morgan fingerprint density at radius 2 is 1.94 bits per heavy atom. The maximum atomic E-state index is 5.52. The van der Waals surface area contributed by atoms with Gasteiger partial charge in [0.2, 0.25) is 5.89 Å². The molecule has 1 N–H and O–H groups in total. The highest BCUT2D eigenvalue weighted by Crippen LogP contribution is 2.27. The van der Waals surface area contributed by atoms with Crippen molar-refractivity contribution >= 4 is 31.9 Å². The largest absolute Gasteiger partial charge is 0.444 e. The van der Waals surface area contributed by atoms with Crippen molar-refractivity contribution in [1.29, 1.82) is 0 Å². The van der Waals surface area contributed by atoms with Gasteiger partial charge in [0.15, 0.2) is 0 Å². The Morgan fingerprint density at radius 3 is 2.61 bits per heavy atom. The van der Waals surface area contributed by atoms with Crippen LogP contribution in [0.1, 0.15) is 18.5 Å². The Kier molecular flexibility index (Phi) is 3.54. The predicted molar refractivity (Wildman–Crippen MR) is 77.2 cm³/mol. The average molecular weight is 372 g/mol. The molecule has 1 aliphatic carbocycles. The van der Waals surface area contributed by atoms with Gasteiger partial charge in [-0.05, 0) is 31.0 Å². The number of hydrogen-bond donors (Lipinski definition) is 1. The van der Waals surface area contributed by atoms with Gasteiger partial charge in [-0.15, -0.1) is 0 Å². The zero-order valence-corrected chi connectivity index (χ0v) is 12.8. The average Bonchev–Trinajstić information content (AvgIpc) is 3.02. The van der Waals surface area contributed by atoms with Gasteiger partial charge in [0.05, 0.1) is 5.69 Å². The number of hydrogen-bond acceptors (Lipinski definition) is 3. The highest BCUT2D eigenvalue weighted by molar-refractivity contribution is 9.11. The number of halogens is 2. The van der Waals surface area contributed by atoms with Gasteiger partial charge in [-0.2, -0.15) is 0 Å². The lowest BCUT2D eigenvalue weighted by molar-refractivity contribution is 0.570. The zero-order valence-electron chi connectivity index (χ0n) is 9.62. The second-order valence-electron chi connectivity index (χ2n) is 4.46. The molecule has 0 unspecified atom stereocenters. The molecular formula is C13H12Br2N2O. The fourth-order valence-electron chi connectivity index (χ4n) is 1.73. The van der Waals surface area contributed by atoms with E-state index in [4.69, 9.17) is 4.42 Å². The molecule has 1 heterocycles. The molecule has 0 radical (unpaired) electrons. The monoisotopic (exact) mass is 370 g/mol. The molecular weight excluding hydrogens is 360 g/mol. The molecule has 1 saturated carbocycles. The van der Waals surface area contributed by atoms with Crippen LogP contribution in [-0.4, -0.2) is 11.0 Å². The summed E-state index contributed by atoms with van der Waals surface area (Å²) < 4.78 is 7.53. The van der Waals surface area contributed by atoms with Gasteiger partial charge in [-0.25, -0.2) is 4.98 Å². The van der Waals surface area contributed by atoms with Crippen LogP contribution in [0.5, 0.6) is 0 Å². The predicted octanol–water partition coefficient (Wildman–Crippen LogP) is 4.12. The summed E-state index contributed by atoms with van der Waals surface area (Å²) in [4.78, 5) is 4.49. The molecule has 3 nitrogen and oxygen atoms in total. The number of nitrogens with one attached hydrogen (secondary N) is 1. The lowest BCUT2D eigenvalue weighted by Gasteiger charge is -1.99. The maximum absolute atomic E-state index is 5.52. The van der Waals surface area contributed by atoms with Crippen molar-refractivity contribution in [1.82, 2.24) is 10.3 Å². The fourth-order valence-corrected chi connectivity index (χ4v) is 3.03. The van der Waals surface area contributed by atoms with Crippen LogP contribution in [0, 0.1) is 0 Å². The van der Waals surface area contributed by atoms with Crippen LogP contribution in [0.3, 0.4) is 0 Å². The SMILES string of the molecule is Brc1cc(Br)cc(-c2nc(CNC3CC3)co2)c1. The first-order chi connectivity index (χ1) is 8.70. The number of rotatable bonds is 4. The van der Waals surface area contributed by atoms with Gasteiger partial charge in [0.1, 0.15) is 6.26 Å². The molecule has 2 aromatic rings. The molecule has 3 rings (SSSR count). The second kappa shape index (κ2) is 5.15. The summed E-state index contributed by atoms with van der Waals surface area (Å²) in [6.45, 7) is 0.781. The minimum atomic E-state index is 0.657. The fraction of sp³-hybridized carbons (Fsp3) is 0.308. The van der Waals surface area contributed by atoms with Gasteiger partial charge < -0.3 is 9.73 Å². The molecule has 5 heteroatoms. The molecule has 0 spiro atoms. The summed E-state index contributed by atoms with van der Waals surface area (Å²) in [5.74, 6) is 0.657. The van der Waals surface area contributed by atoms with E-state index >= 15 is 0 Å². The molecule has 0 amide bonds. The molecule has 0 aliphatic heterocycles. The number of benzene rings is 1. The Bertz CT molecular complexity index is 544. The highest BCUT2D eigenvalue weighted by Gasteiger charge is 2.20. The minimum absolute atomic E-state index is 0.657. The third kappa shape index (κ3) is 3.02. The summed E-state index contributed by atoms with van der Waals surface area (Å²) in [7, 11) is 0. The Morgan fingerprint density at radius 1 is 1.22 bits per heavy atom. The maximum Gasteiger partial charge on any atom is 0.226 e. The van der Waals surface area contributed by atoms with E-state index < -0.39 is 0 Å². The van der Waals surface area contributed by atoms with Gasteiger partial charge in [-0.1, -0.05) is 31.9 Å². The molecule has 18 heavy (non-hydrogen) atoms. The standard InChI is InChI=1S/C13H12Br2N2O/c14-9-3-8(4-10(15)5-9)13-17-12(7-18-13)6-16-11-1-2-11/h3-5,7,11,16H,1-2,6H2. The van der Waals surface area contributed by atoms with Crippen molar-refractivity contribution < 1.29 is 4.42 Å². The van der Waals surface area contributed by atoms with Gasteiger partial charge in [0, 0.05) is 27.1 Å². The summed E-state index contributed by atoms with van der Waals surface area (Å²) in [5, 5.41) is 3.42. The van der Waals surface area contributed by atoms with Crippen molar-refractivity contribution in [2.45, 2.75) is 25.4 Å². The van der Waals surface area contributed by atoms with Crippen LogP contribution in [0.2, 0.25) is 0 Å². The van der Waals surface area contributed by atoms with Crippen LogP contribution in [0.25, 0.3) is 11.5 Å². The van der Waals surface area contributed by atoms with Crippen LogP contribution in [0.15, 0.2) is 37.8 Å². The van der Waals surface area contributed by atoms with E-state index in [1.54, 1.807) is 6.26 Å². The van der Waals surface area contributed by atoms with E-state index in [1.165, 1.54) is 12.8 Å². The van der Waals surface area contributed by atoms with E-state index in [1.807, 2.05) is 18.2 Å². The number of aromatic nitrogens is 1. The van der Waals surface area contributed by atoms with Crippen LogP contribution >= 0.6 is 31.9 Å². The van der Waals surface area contributed by atoms with E-state index in [2.05, 4.69) is 42.2 Å². The van der Waals surface area contributed by atoms with Crippen LogP contribution in [0.4, 0.5) is 0 Å². The summed E-state index contributed by atoms with van der Waals surface area (Å²) in [5.41, 5.74) is 1.92. The minimum Gasteiger partial charge on any atom is -0.444 e. The molecule has 1 aliphatic rings. The van der Waals surface area contributed by atoms with Crippen LogP contribution in [-0.2, 0) is 6.54 Å². The lowest BCUT2D eigenvalue weighted by atomic mass is 10.2. The van der Waals surface area contributed by atoms with Crippen molar-refractivity contribution in [3.05, 3.63) is 39.1 Å². The lowest BCUT2D eigenvalue weighted by Crippen LogP contribution is -2.15. The molecule has 0 bridgehead atoms. The van der Waals surface area contributed by atoms with E-state index in [-0.39, 0.29) is 0 Å². The summed E-state index contributed by atoms with van der Waals surface area (Å²) in [6.07, 6.45) is 4.28. The summed E-state index contributed by atoms with van der Waals surface area (Å²) in [6, 6.07) is 6.66.